The highest BCUT2D eigenvalue weighted by Crippen LogP contribution is 2.31. The summed E-state index contributed by atoms with van der Waals surface area (Å²) in [7, 11) is 0. The summed E-state index contributed by atoms with van der Waals surface area (Å²) >= 11 is 3.34. The van der Waals surface area contributed by atoms with E-state index in [1.165, 1.54) is 40.1 Å². The van der Waals surface area contributed by atoms with E-state index in [1.54, 1.807) is 22.7 Å². The molecule has 2 heterocycles. The van der Waals surface area contributed by atoms with E-state index in [0.717, 1.165) is 22.1 Å². The number of anilines is 1. The molecule has 0 aliphatic carbocycles. The minimum Gasteiger partial charge on any atom is -0.480 e. The highest BCUT2D eigenvalue weighted by Gasteiger charge is 2.20. The van der Waals surface area contributed by atoms with Crippen molar-refractivity contribution in [1.82, 2.24) is 9.88 Å². The van der Waals surface area contributed by atoms with Gasteiger partial charge in [-0.25, -0.2) is 4.98 Å². The molecule has 2 aromatic carbocycles. The third kappa shape index (κ3) is 9.01. The summed E-state index contributed by atoms with van der Waals surface area (Å²) in [5, 5.41) is 12.6. The topological polar surface area (TPSA) is 56.7 Å². The molecule has 0 bridgehead atoms. The molecular weight excluding hydrogens is 571 g/mol. The fourth-order valence-corrected chi connectivity index (χ4v) is 7.48. The number of nitrogens with zero attached hydrogens (tertiary/aromatic N) is 3. The summed E-state index contributed by atoms with van der Waals surface area (Å²) in [6, 6.07) is 22.7. The molecule has 0 aliphatic heterocycles. The van der Waals surface area contributed by atoms with E-state index in [0.29, 0.717) is 25.0 Å². The van der Waals surface area contributed by atoms with Gasteiger partial charge >= 0.3 is 5.97 Å². The highest BCUT2D eigenvalue weighted by atomic mass is 32.1. The Kier molecular flexibility index (Phi) is 11.2. The molecule has 5 nitrogen and oxygen atoms in total. The SMILES string of the molecule is CCC(CC)c1ccc(N(Cc2ccc(-c3ccc(CN(CC(=O)O)Cc4nc(C(C)(C)C)cs4)s3)cc2)C(C)C)cc1. The Morgan fingerprint density at radius 1 is 0.907 bits per heavy atom. The van der Waals surface area contributed by atoms with E-state index < -0.39 is 5.97 Å². The standard InChI is InChI=1S/C36H47N3O2S2/c1-8-27(9-2)28-14-16-30(17-15-28)39(25(3)4)20-26-10-12-29(13-11-26)32-19-18-31(43-32)21-38(23-35(40)41)22-34-37-33(24-42-34)36(5,6)7/h10-19,24-25,27H,8-9,20-23H2,1-7H3,(H,40,41). The van der Waals surface area contributed by atoms with Crippen molar-refractivity contribution in [3.63, 3.8) is 0 Å². The lowest BCUT2D eigenvalue weighted by Crippen LogP contribution is -2.30. The molecule has 43 heavy (non-hydrogen) atoms. The van der Waals surface area contributed by atoms with Gasteiger partial charge < -0.3 is 10.0 Å². The number of carboxylic acids is 1. The molecule has 7 heteroatoms. The smallest absolute Gasteiger partial charge is 0.317 e. The lowest BCUT2D eigenvalue weighted by atomic mass is 9.93. The molecule has 4 rings (SSSR count). The number of benzene rings is 2. The molecule has 0 atom stereocenters. The molecule has 0 fully saturated rings. The van der Waals surface area contributed by atoms with E-state index in [1.807, 2.05) is 4.90 Å². The Bertz CT molecular complexity index is 1440. The fourth-order valence-electron chi connectivity index (χ4n) is 5.36. The third-order valence-corrected chi connectivity index (χ3v) is 9.93. The second-order valence-electron chi connectivity index (χ2n) is 12.7. The zero-order chi connectivity index (χ0) is 31.1. The molecule has 4 aromatic rings. The van der Waals surface area contributed by atoms with Gasteiger partial charge in [0.15, 0.2) is 0 Å². The van der Waals surface area contributed by atoms with Crippen LogP contribution in [0, 0.1) is 0 Å². The number of thiazole rings is 1. The van der Waals surface area contributed by atoms with Gasteiger partial charge in [0.1, 0.15) is 5.01 Å². The summed E-state index contributed by atoms with van der Waals surface area (Å²) in [6.07, 6.45) is 2.35. The predicted molar refractivity (Wildman–Crippen MR) is 183 cm³/mol. The van der Waals surface area contributed by atoms with Gasteiger partial charge in [0, 0.05) is 45.4 Å². The lowest BCUT2D eigenvalue weighted by molar-refractivity contribution is -0.138. The maximum Gasteiger partial charge on any atom is 0.317 e. The largest absolute Gasteiger partial charge is 0.480 e. The van der Waals surface area contributed by atoms with Gasteiger partial charge in [-0.1, -0.05) is 71.0 Å². The van der Waals surface area contributed by atoms with Crippen molar-refractivity contribution in [2.45, 2.75) is 98.3 Å². The first-order chi connectivity index (χ1) is 20.5. The molecule has 0 amide bonds. The summed E-state index contributed by atoms with van der Waals surface area (Å²) in [5.74, 6) is -0.191. The lowest BCUT2D eigenvalue weighted by Gasteiger charge is -2.30. The van der Waals surface area contributed by atoms with Crippen LogP contribution in [0.1, 0.15) is 93.9 Å². The molecule has 230 valence electrons. The van der Waals surface area contributed by atoms with Crippen LogP contribution in [0.3, 0.4) is 0 Å². The van der Waals surface area contributed by atoms with Crippen molar-refractivity contribution in [2.75, 3.05) is 11.4 Å². The first-order valence-corrected chi connectivity index (χ1v) is 17.1. The van der Waals surface area contributed by atoms with E-state index in [4.69, 9.17) is 4.98 Å². The van der Waals surface area contributed by atoms with Crippen molar-refractivity contribution in [3.05, 3.63) is 92.7 Å². The van der Waals surface area contributed by atoms with Crippen molar-refractivity contribution >= 4 is 34.3 Å². The molecule has 0 radical (unpaired) electrons. The second-order valence-corrected chi connectivity index (χ2v) is 14.8. The first-order valence-electron chi connectivity index (χ1n) is 15.4. The Labute approximate surface area is 266 Å². The van der Waals surface area contributed by atoms with Gasteiger partial charge in [-0.15, -0.1) is 22.7 Å². The second kappa shape index (κ2) is 14.7. The van der Waals surface area contributed by atoms with Crippen LogP contribution in [-0.4, -0.2) is 33.5 Å². The molecule has 0 spiro atoms. The quantitative estimate of drug-likeness (QED) is 0.153. The van der Waals surface area contributed by atoms with Crippen molar-refractivity contribution in [2.24, 2.45) is 0 Å². The molecule has 1 N–H and O–H groups in total. The van der Waals surface area contributed by atoms with Gasteiger partial charge in [-0.05, 0) is 73.6 Å². The highest BCUT2D eigenvalue weighted by molar-refractivity contribution is 7.15. The van der Waals surface area contributed by atoms with Crippen molar-refractivity contribution in [3.8, 4) is 10.4 Å². The number of hydrogen-bond donors (Lipinski definition) is 1. The molecule has 2 aromatic heterocycles. The van der Waals surface area contributed by atoms with Crippen molar-refractivity contribution in [1.29, 1.82) is 0 Å². The van der Waals surface area contributed by atoms with E-state index >= 15 is 0 Å². The Hall–Kier alpha value is -3.00. The minimum atomic E-state index is -0.822. The molecular formula is C36H47N3O2S2. The Balaban J connectivity index is 1.42. The predicted octanol–water partition coefficient (Wildman–Crippen LogP) is 9.57. The summed E-state index contributed by atoms with van der Waals surface area (Å²) in [5.41, 5.74) is 6.19. The van der Waals surface area contributed by atoms with E-state index in [9.17, 15) is 9.90 Å². The van der Waals surface area contributed by atoms with Crippen LogP contribution in [0.25, 0.3) is 10.4 Å². The van der Waals surface area contributed by atoms with Crippen LogP contribution in [0.4, 0.5) is 5.69 Å². The van der Waals surface area contributed by atoms with Crippen LogP contribution in [0.5, 0.6) is 0 Å². The van der Waals surface area contributed by atoms with Gasteiger partial charge in [-0.3, -0.25) is 9.69 Å². The summed E-state index contributed by atoms with van der Waals surface area (Å²) in [4.78, 5) is 23.2. The Morgan fingerprint density at radius 2 is 1.58 bits per heavy atom. The molecule has 0 unspecified atom stereocenters. The normalized spacial score (nSPS) is 12.0. The fraction of sp³-hybridized carbons (Fsp3) is 0.444. The summed E-state index contributed by atoms with van der Waals surface area (Å²) in [6.45, 7) is 17.4. The minimum absolute atomic E-state index is 0.0147. The zero-order valence-electron chi connectivity index (χ0n) is 26.8. The number of carbonyl (C=O) groups is 1. The number of rotatable bonds is 14. The first kappa shape index (κ1) is 32.9. The van der Waals surface area contributed by atoms with E-state index in [-0.39, 0.29) is 12.0 Å². The number of aromatic nitrogens is 1. The molecule has 0 saturated heterocycles. The monoisotopic (exact) mass is 617 g/mol. The van der Waals surface area contributed by atoms with Gasteiger partial charge in [0.2, 0.25) is 0 Å². The average Bonchev–Trinajstić information content (AvgIpc) is 3.63. The van der Waals surface area contributed by atoms with Gasteiger partial charge in [-0.2, -0.15) is 0 Å². The third-order valence-electron chi connectivity index (χ3n) is 7.98. The van der Waals surface area contributed by atoms with Crippen molar-refractivity contribution < 1.29 is 9.90 Å². The Morgan fingerprint density at radius 3 is 2.14 bits per heavy atom. The molecule has 0 aliphatic rings. The zero-order valence-corrected chi connectivity index (χ0v) is 28.4. The number of hydrogen-bond acceptors (Lipinski definition) is 6. The van der Waals surface area contributed by atoms with Crippen LogP contribution in [-0.2, 0) is 29.8 Å². The number of carboxylic acid groups (broad SMARTS) is 1. The number of aliphatic carboxylic acids is 1. The maximum atomic E-state index is 11.6. The van der Waals surface area contributed by atoms with E-state index in [2.05, 4.69) is 119 Å². The van der Waals surface area contributed by atoms with Crippen LogP contribution in [0.15, 0.2) is 66.0 Å². The molecule has 0 saturated carbocycles. The van der Waals surface area contributed by atoms with Crippen LogP contribution in [0.2, 0.25) is 0 Å². The summed E-state index contributed by atoms with van der Waals surface area (Å²) < 4.78 is 0. The van der Waals surface area contributed by atoms with Gasteiger partial charge in [0.05, 0.1) is 18.8 Å². The van der Waals surface area contributed by atoms with Crippen LogP contribution < -0.4 is 4.90 Å². The average molecular weight is 618 g/mol. The van der Waals surface area contributed by atoms with Crippen LogP contribution >= 0.6 is 22.7 Å². The number of thiophene rings is 1. The van der Waals surface area contributed by atoms with Gasteiger partial charge in [0.25, 0.3) is 0 Å². The maximum absolute atomic E-state index is 11.6.